The van der Waals surface area contributed by atoms with Crippen LogP contribution in [-0.4, -0.2) is 18.9 Å². The minimum absolute atomic E-state index is 0.182. The Labute approximate surface area is 158 Å². The predicted molar refractivity (Wildman–Crippen MR) is 110 cm³/mol. The molecule has 1 saturated carbocycles. The van der Waals surface area contributed by atoms with Crippen molar-refractivity contribution >= 4 is 17.1 Å². The van der Waals surface area contributed by atoms with Gasteiger partial charge in [0.25, 0.3) is 0 Å². The van der Waals surface area contributed by atoms with E-state index in [1.165, 1.54) is 62.7 Å². The highest BCUT2D eigenvalue weighted by Gasteiger charge is 2.20. The number of unbranched alkanes of at least 4 members (excludes halogenated alkanes) is 1. The molecule has 2 aliphatic rings. The summed E-state index contributed by atoms with van der Waals surface area (Å²) in [4.78, 5) is 12.5. The highest BCUT2D eigenvalue weighted by molar-refractivity contribution is 7.10. The number of hydrogen-bond donors (Lipinski definition) is 1. The summed E-state index contributed by atoms with van der Waals surface area (Å²) in [5, 5.41) is 5.34. The Bertz CT molecular complexity index is 504. The molecule has 2 unspecified atom stereocenters. The molecule has 1 aliphatic carbocycles. The Hall–Kier alpha value is -0.670. The molecule has 0 amide bonds. The van der Waals surface area contributed by atoms with E-state index in [1.54, 1.807) is 18.3 Å². The Kier molecular flexibility index (Phi) is 9.19. The normalized spacial score (nSPS) is 24.4. The molecule has 0 radical (unpaired) electrons. The Morgan fingerprint density at radius 1 is 1.20 bits per heavy atom. The fourth-order valence-electron chi connectivity index (χ4n) is 4.15. The molecule has 0 spiro atoms. The molecule has 3 rings (SSSR count). The van der Waals surface area contributed by atoms with Crippen molar-refractivity contribution in [3.8, 4) is 0 Å². The number of carbonyl (C=O) groups excluding carboxylic acids is 1. The monoisotopic (exact) mass is 363 g/mol. The van der Waals surface area contributed by atoms with Crippen LogP contribution in [-0.2, 0) is 0 Å². The average molecular weight is 364 g/mol. The van der Waals surface area contributed by atoms with Gasteiger partial charge in [0.15, 0.2) is 5.78 Å². The maximum atomic E-state index is 11.1. The lowest BCUT2D eigenvalue weighted by Gasteiger charge is -2.28. The number of nitrogens with one attached hydrogen (secondary N) is 1. The Balaban J connectivity index is 0.000000186. The molecule has 142 valence electrons. The van der Waals surface area contributed by atoms with Gasteiger partial charge in [-0.2, -0.15) is 0 Å². The molecule has 1 N–H and O–H groups in total. The molecular weight excluding hydrogens is 326 g/mol. The number of hydrogen-bond acceptors (Lipinski definition) is 3. The molecule has 0 bridgehead atoms. The second kappa shape index (κ2) is 11.1. The first-order chi connectivity index (χ1) is 12.1. The first kappa shape index (κ1) is 20.6. The van der Waals surface area contributed by atoms with E-state index in [0.29, 0.717) is 5.92 Å². The van der Waals surface area contributed by atoms with Crippen LogP contribution in [0.2, 0.25) is 0 Å². The van der Waals surface area contributed by atoms with E-state index >= 15 is 0 Å². The minimum Gasteiger partial charge on any atom is -0.317 e. The van der Waals surface area contributed by atoms with Gasteiger partial charge in [-0.25, -0.2) is 0 Å². The number of Topliss-reactive ketones (excluding diaryl/α,β-unsaturated/α-hetero) is 1. The summed E-state index contributed by atoms with van der Waals surface area (Å²) in [6.45, 7) is 8.59. The largest absolute Gasteiger partial charge is 0.317 e. The summed E-state index contributed by atoms with van der Waals surface area (Å²) in [5.74, 6) is 2.95. The highest BCUT2D eigenvalue weighted by atomic mass is 32.1. The molecule has 2 atom stereocenters. The van der Waals surface area contributed by atoms with Gasteiger partial charge in [0.2, 0.25) is 0 Å². The zero-order chi connectivity index (χ0) is 18.1. The van der Waals surface area contributed by atoms with E-state index < -0.39 is 0 Å². The van der Waals surface area contributed by atoms with Crippen LogP contribution in [0.15, 0.2) is 11.4 Å². The van der Waals surface area contributed by atoms with Gasteiger partial charge in [0, 0.05) is 15.8 Å². The zero-order valence-electron chi connectivity index (χ0n) is 16.5. The summed E-state index contributed by atoms with van der Waals surface area (Å²) in [5.41, 5.74) is 0.878. The van der Waals surface area contributed by atoms with Gasteiger partial charge in [-0.15, -0.1) is 11.3 Å². The second-order valence-corrected chi connectivity index (χ2v) is 8.93. The van der Waals surface area contributed by atoms with E-state index in [1.807, 2.05) is 5.38 Å². The van der Waals surface area contributed by atoms with E-state index in [9.17, 15) is 4.79 Å². The molecule has 1 saturated heterocycles. The van der Waals surface area contributed by atoms with Gasteiger partial charge >= 0.3 is 0 Å². The fourth-order valence-corrected chi connectivity index (χ4v) is 5.27. The van der Waals surface area contributed by atoms with Crippen LogP contribution in [0, 0.1) is 11.8 Å². The van der Waals surface area contributed by atoms with Gasteiger partial charge in [-0.1, -0.05) is 58.8 Å². The van der Waals surface area contributed by atoms with E-state index in [4.69, 9.17) is 0 Å². The van der Waals surface area contributed by atoms with E-state index in [-0.39, 0.29) is 5.78 Å². The molecule has 25 heavy (non-hydrogen) atoms. The molecule has 1 aromatic heterocycles. The van der Waals surface area contributed by atoms with Crippen molar-refractivity contribution in [2.75, 3.05) is 13.1 Å². The molecule has 1 aromatic rings. The number of ketones is 1. The molecule has 2 heterocycles. The summed E-state index contributed by atoms with van der Waals surface area (Å²) >= 11 is 1.74. The van der Waals surface area contributed by atoms with Crippen molar-refractivity contribution in [1.29, 1.82) is 0 Å². The quantitative estimate of drug-likeness (QED) is 0.611. The smallest absolute Gasteiger partial charge is 0.160 e. The summed E-state index contributed by atoms with van der Waals surface area (Å²) in [7, 11) is 0. The second-order valence-electron chi connectivity index (χ2n) is 7.98. The molecule has 2 nitrogen and oxygen atoms in total. The van der Waals surface area contributed by atoms with Crippen molar-refractivity contribution in [3.05, 3.63) is 21.9 Å². The molecular formula is C22H37NOS. The highest BCUT2D eigenvalue weighted by Crippen LogP contribution is 2.33. The third kappa shape index (κ3) is 6.86. The van der Waals surface area contributed by atoms with Crippen LogP contribution >= 0.6 is 11.3 Å². The van der Waals surface area contributed by atoms with Crippen LogP contribution in [0.3, 0.4) is 0 Å². The predicted octanol–water partition coefficient (Wildman–Crippen LogP) is 6.42. The van der Waals surface area contributed by atoms with Crippen molar-refractivity contribution < 1.29 is 4.79 Å². The maximum Gasteiger partial charge on any atom is 0.160 e. The minimum atomic E-state index is 0.182. The van der Waals surface area contributed by atoms with Crippen LogP contribution in [0.5, 0.6) is 0 Å². The van der Waals surface area contributed by atoms with Crippen molar-refractivity contribution in [2.45, 2.75) is 84.5 Å². The topological polar surface area (TPSA) is 29.1 Å². The number of piperidine rings is 1. The lowest BCUT2D eigenvalue weighted by Crippen LogP contribution is -2.26. The van der Waals surface area contributed by atoms with Gasteiger partial charge in [0.1, 0.15) is 0 Å². The van der Waals surface area contributed by atoms with Crippen LogP contribution in [0.1, 0.15) is 99.7 Å². The first-order valence-corrected chi connectivity index (χ1v) is 11.3. The standard InChI is InChI=1S/C11H15NOS.C11H22/c1-8(13)10-6-11(14-7-10)9-2-4-12-5-3-9;1-3-4-8-11-9-6-5-7-10(11)2/h6-7,9,12H,2-5H2,1H3;10-11H,3-9H2,1-2H3. The van der Waals surface area contributed by atoms with E-state index in [0.717, 1.165) is 30.5 Å². The maximum absolute atomic E-state index is 11.1. The van der Waals surface area contributed by atoms with Crippen LogP contribution in [0.4, 0.5) is 0 Å². The number of rotatable bonds is 5. The van der Waals surface area contributed by atoms with Gasteiger partial charge in [0.05, 0.1) is 0 Å². The van der Waals surface area contributed by atoms with Crippen LogP contribution < -0.4 is 5.32 Å². The van der Waals surface area contributed by atoms with Crippen LogP contribution in [0.25, 0.3) is 0 Å². The lowest BCUT2D eigenvalue weighted by atomic mass is 9.78. The number of carbonyl (C=O) groups is 1. The third-order valence-electron chi connectivity index (χ3n) is 5.99. The molecule has 0 aromatic carbocycles. The van der Waals surface area contributed by atoms with E-state index in [2.05, 4.69) is 25.2 Å². The van der Waals surface area contributed by atoms with Gasteiger partial charge in [-0.05, 0) is 56.7 Å². The SMILES string of the molecule is CC(=O)c1csc(C2CCNCC2)c1.CCCCC1CCCCC1C. The molecule has 1 aliphatic heterocycles. The summed E-state index contributed by atoms with van der Waals surface area (Å²) in [6.07, 6.45) is 12.7. The van der Waals surface area contributed by atoms with Crippen molar-refractivity contribution in [3.63, 3.8) is 0 Å². The fraction of sp³-hybridized carbons (Fsp3) is 0.773. The zero-order valence-corrected chi connectivity index (χ0v) is 17.3. The average Bonchev–Trinajstić information content (AvgIpc) is 3.13. The van der Waals surface area contributed by atoms with Gasteiger partial charge < -0.3 is 5.32 Å². The molecule has 2 fully saturated rings. The first-order valence-electron chi connectivity index (χ1n) is 10.4. The van der Waals surface area contributed by atoms with Gasteiger partial charge in [-0.3, -0.25) is 4.79 Å². The summed E-state index contributed by atoms with van der Waals surface area (Å²) in [6, 6.07) is 2.07. The molecule has 3 heteroatoms. The number of thiophene rings is 1. The third-order valence-corrected chi connectivity index (χ3v) is 7.08. The van der Waals surface area contributed by atoms with Crippen molar-refractivity contribution in [2.24, 2.45) is 11.8 Å². The lowest BCUT2D eigenvalue weighted by molar-refractivity contribution is 0.101. The Morgan fingerprint density at radius 2 is 1.92 bits per heavy atom. The Morgan fingerprint density at radius 3 is 2.52 bits per heavy atom. The van der Waals surface area contributed by atoms with Crippen molar-refractivity contribution in [1.82, 2.24) is 5.32 Å². The summed E-state index contributed by atoms with van der Waals surface area (Å²) < 4.78 is 0.